The highest BCUT2D eigenvalue weighted by molar-refractivity contribution is 7.13. The number of hydrogen-bond donors (Lipinski definition) is 1. The quantitative estimate of drug-likeness (QED) is 0.885. The Morgan fingerprint density at radius 3 is 2.84 bits per heavy atom. The average Bonchev–Trinajstić information content (AvgIpc) is 3.31. The number of anilines is 1. The minimum absolute atomic E-state index is 0.187. The summed E-state index contributed by atoms with van der Waals surface area (Å²) < 4.78 is 22.3. The third-order valence-electron chi connectivity index (χ3n) is 4.08. The van der Waals surface area contributed by atoms with E-state index in [2.05, 4.69) is 5.32 Å². The SMILES string of the molecule is O=C(Nc1ccc(OCC2CCCO2)cc1)c1scc2c1OCCO2. The van der Waals surface area contributed by atoms with Crippen LogP contribution in [0.2, 0.25) is 0 Å². The van der Waals surface area contributed by atoms with Crippen LogP contribution in [-0.4, -0.2) is 38.4 Å². The molecule has 2 aromatic rings. The Kier molecular flexibility index (Phi) is 4.76. The van der Waals surface area contributed by atoms with E-state index in [1.165, 1.54) is 11.3 Å². The smallest absolute Gasteiger partial charge is 0.269 e. The molecule has 1 saturated heterocycles. The molecule has 1 N–H and O–H groups in total. The average molecular weight is 361 g/mol. The molecular formula is C18H19NO5S. The number of carbonyl (C=O) groups is 1. The molecule has 132 valence electrons. The number of rotatable bonds is 5. The molecule has 2 aliphatic rings. The Morgan fingerprint density at radius 2 is 2.04 bits per heavy atom. The molecule has 0 bridgehead atoms. The van der Waals surface area contributed by atoms with Crippen molar-refractivity contribution >= 4 is 22.9 Å². The van der Waals surface area contributed by atoms with Gasteiger partial charge in [0.1, 0.15) is 30.4 Å². The summed E-state index contributed by atoms with van der Waals surface area (Å²) in [6.07, 6.45) is 2.33. The fourth-order valence-electron chi connectivity index (χ4n) is 2.81. The van der Waals surface area contributed by atoms with Crippen molar-refractivity contribution in [2.45, 2.75) is 18.9 Å². The number of ether oxygens (including phenoxy) is 4. The Morgan fingerprint density at radius 1 is 1.20 bits per heavy atom. The van der Waals surface area contributed by atoms with Crippen LogP contribution in [0.15, 0.2) is 29.6 Å². The van der Waals surface area contributed by atoms with Gasteiger partial charge in [0.05, 0.1) is 6.10 Å². The van der Waals surface area contributed by atoms with Crippen LogP contribution in [0.5, 0.6) is 17.2 Å². The largest absolute Gasteiger partial charge is 0.491 e. The van der Waals surface area contributed by atoms with Gasteiger partial charge in [-0.3, -0.25) is 4.79 Å². The lowest BCUT2D eigenvalue weighted by molar-refractivity contribution is 0.0679. The summed E-state index contributed by atoms with van der Waals surface area (Å²) in [5, 5.41) is 4.67. The molecule has 1 amide bonds. The highest BCUT2D eigenvalue weighted by atomic mass is 32.1. The van der Waals surface area contributed by atoms with E-state index in [0.29, 0.717) is 41.9 Å². The fraction of sp³-hybridized carbons (Fsp3) is 0.389. The second kappa shape index (κ2) is 7.33. The molecule has 2 aliphatic heterocycles. The molecule has 6 nitrogen and oxygen atoms in total. The van der Waals surface area contributed by atoms with Crippen LogP contribution in [0.1, 0.15) is 22.5 Å². The number of nitrogens with one attached hydrogen (secondary N) is 1. The van der Waals surface area contributed by atoms with Gasteiger partial charge in [0.2, 0.25) is 0 Å². The molecule has 4 rings (SSSR count). The van der Waals surface area contributed by atoms with E-state index >= 15 is 0 Å². The van der Waals surface area contributed by atoms with Crippen molar-refractivity contribution in [2.24, 2.45) is 0 Å². The van der Waals surface area contributed by atoms with E-state index in [-0.39, 0.29) is 12.0 Å². The molecule has 1 aromatic carbocycles. The van der Waals surface area contributed by atoms with Crippen molar-refractivity contribution in [2.75, 3.05) is 31.7 Å². The maximum Gasteiger partial charge on any atom is 0.269 e. The number of fused-ring (bicyclic) bond motifs is 1. The molecule has 25 heavy (non-hydrogen) atoms. The molecule has 3 heterocycles. The molecular weight excluding hydrogens is 342 g/mol. The van der Waals surface area contributed by atoms with Gasteiger partial charge >= 0.3 is 0 Å². The Hall–Kier alpha value is -2.25. The van der Waals surface area contributed by atoms with Crippen LogP contribution in [0.25, 0.3) is 0 Å². The van der Waals surface area contributed by atoms with E-state index in [0.717, 1.165) is 25.2 Å². The van der Waals surface area contributed by atoms with Crippen molar-refractivity contribution in [1.29, 1.82) is 0 Å². The van der Waals surface area contributed by atoms with Crippen LogP contribution in [0.4, 0.5) is 5.69 Å². The van der Waals surface area contributed by atoms with E-state index < -0.39 is 0 Å². The lowest BCUT2D eigenvalue weighted by atomic mass is 10.2. The Balaban J connectivity index is 1.36. The Bertz CT molecular complexity index is 736. The van der Waals surface area contributed by atoms with E-state index in [1.54, 1.807) is 5.38 Å². The summed E-state index contributed by atoms with van der Waals surface area (Å²) in [5.74, 6) is 1.73. The topological polar surface area (TPSA) is 66.0 Å². The maximum atomic E-state index is 12.4. The number of hydrogen-bond acceptors (Lipinski definition) is 6. The minimum atomic E-state index is -0.204. The Labute approximate surface area is 149 Å². The van der Waals surface area contributed by atoms with Crippen LogP contribution in [0, 0.1) is 0 Å². The van der Waals surface area contributed by atoms with E-state index in [4.69, 9.17) is 18.9 Å². The first-order valence-electron chi connectivity index (χ1n) is 8.32. The predicted octanol–water partition coefficient (Wildman–Crippen LogP) is 3.33. The van der Waals surface area contributed by atoms with Gasteiger partial charge in [-0.05, 0) is 37.1 Å². The predicted molar refractivity (Wildman–Crippen MR) is 94.2 cm³/mol. The fourth-order valence-corrected chi connectivity index (χ4v) is 3.63. The second-order valence-electron chi connectivity index (χ2n) is 5.88. The van der Waals surface area contributed by atoms with Crippen molar-refractivity contribution in [3.63, 3.8) is 0 Å². The minimum Gasteiger partial charge on any atom is -0.491 e. The van der Waals surface area contributed by atoms with Crippen LogP contribution < -0.4 is 19.5 Å². The highest BCUT2D eigenvalue weighted by Gasteiger charge is 2.23. The molecule has 0 saturated carbocycles. The van der Waals surface area contributed by atoms with Gasteiger partial charge < -0.3 is 24.3 Å². The number of amides is 1. The molecule has 0 spiro atoms. The van der Waals surface area contributed by atoms with Gasteiger partial charge in [-0.15, -0.1) is 11.3 Å². The summed E-state index contributed by atoms with van der Waals surface area (Å²) in [4.78, 5) is 13.0. The molecule has 1 atom stereocenters. The molecule has 0 radical (unpaired) electrons. The number of benzene rings is 1. The van der Waals surface area contributed by atoms with Gasteiger partial charge in [-0.25, -0.2) is 0 Å². The van der Waals surface area contributed by atoms with Gasteiger partial charge in [0.25, 0.3) is 5.91 Å². The van der Waals surface area contributed by atoms with E-state index in [1.807, 2.05) is 24.3 Å². The van der Waals surface area contributed by atoms with Crippen molar-refractivity contribution in [1.82, 2.24) is 0 Å². The first kappa shape index (κ1) is 16.2. The molecule has 1 aromatic heterocycles. The zero-order valence-corrected chi connectivity index (χ0v) is 14.5. The normalized spacial score (nSPS) is 18.8. The van der Waals surface area contributed by atoms with Gasteiger partial charge in [0, 0.05) is 17.7 Å². The lowest BCUT2D eigenvalue weighted by Crippen LogP contribution is -2.17. The molecule has 7 heteroatoms. The van der Waals surface area contributed by atoms with Crippen LogP contribution >= 0.6 is 11.3 Å². The number of thiophene rings is 1. The van der Waals surface area contributed by atoms with Crippen molar-refractivity contribution < 1.29 is 23.7 Å². The summed E-state index contributed by atoms with van der Waals surface area (Å²) in [6.45, 7) is 2.35. The maximum absolute atomic E-state index is 12.4. The third-order valence-corrected chi connectivity index (χ3v) is 5.02. The van der Waals surface area contributed by atoms with Crippen molar-refractivity contribution in [3.05, 3.63) is 34.5 Å². The van der Waals surface area contributed by atoms with E-state index in [9.17, 15) is 4.79 Å². The zero-order chi connectivity index (χ0) is 17.1. The highest BCUT2D eigenvalue weighted by Crippen LogP contribution is 2.39. The summed E-state index contributed by atoms with van der Waals surface area (Å²) in [5.41, 5.74) is 0.702. The summed E-state index contributed by atoms with van der Waals surface area (Å²) in [7, 11) is 0. The monoisotopic (exact) mass is 361 g/mol. The molecule has 1 fully saturated rings. The first-order valence-corrected chi connectivity index (χ1v) is 9.20. The first-order chi connectivity index (χ1) is 12.3. The second-order valence-corrected chi connectivity index (χ2v) is 6.76. The molecule has 0 aliphatic carbocycles. The van der Waals surface area contributed by atoms with Crippen molar-refractivity contribution in [3.8, 4) is 17.2 Å². The van der Waals surface area contributed by atoms with Crippen LogP contribution in [0.3, 0.4) is 0 Å². The third kappa shape index (κ3) is 3.72. The lowest BCUT2D eigenvalue weighted by Gasteiger charge is -2.16. The standard InChI is InChI=1S/C18H19NO5S/c20-18(17-16-15(11-25-17)22-8-9-23-16)19-12-3-5-13(6-4-12)24-10-14-2-1-7-21-14/h3-6,11,14H,1-2,7-10H2,(H,19,20). The molecule has 1 unspecified atom stereocenters. The number of carbonyl (C=O) groups excluding carboxylic acids is 1. The summed E-state index contributed by atoms with van der Waals surface area (Å²) >= 11 is 1.32. The van der Waals surface area contributed by atoms with Gasteiger partial charge in [0.15, 0.2) is 11.5 Å². The van der Waals surface area contributed by atoms with Gasteiger partial charge in [-0.2, -0.15) is 0 Å². The van der Waals surface area contributed by atoms with Gasteiger partial charge in [-0.1, -0.05) is 0 Å². The van der Waals surface area contributed by atoms with Crippen LogP contribution in [-0.2, 0) is 4.74 Å². The summed E-state index contributed by atoms with van der Waals surface area (Å²) in [6, 6.07) is 7.32. The zero-order valence-electron chi connectivity index (χ0n) is 13.7.